The Hall–Kier alpha value is -0.420. The lowest BCUT2D eigenvalue weighted by molar-refractivity contribution is 0.531. The molecule has 1 aromatic heterocycles. The van der Waals surface area contributed by atoms with Crippen LogP contribution < -0.4 is 5.32 Å². The summed E-state index contributed by atoms with van der Waals surface area (Å²) in [6, 6.07) is 9.07. The number of hydrogen-bond donors (Lipinski definition) is 1. The molecule has 1 nitrogen and oxygen atoms in total. The van der Waals surface area contributed by atoms with Gasteiger partial charge in [-0.15, -0.1) is 11.3 Å². The fourth-order valence-corrected chi connectivity index (χ4v) is 3.28. The second-order valence-electron chi connectivity index (χ2n) is 4.30. The molecular weight excluding hydrogens is 349 g/mol. The van der Waals surface area contributed by atoms with E-state index in [1.807, 2.05) is 25.1 Å². The Morgan fingerprint density at radius 3 is 2.79 bits per heavy atom. The van der Waals surface area contributed by atoms with Gasteiger partial charge in [0, 0.05) is 27.5 Å². The summed E-state index contributed by atoms with van der Waals surface area (Å²) in [6.45, 7) is 2.77. The molecule has 5 heteroatoms. The van der Waals surface area contributed by atoms with Gasteiger partial charge in [-0.2, -0.15) is 0 Å². The summed E-state index contributed by atoms with van der Waals surface area (Å²) in [4.78, 5) is 1.24. The minimum atomic E-state index is -0.187. The zero-order valence-electron chi connectivity index (χ0n) is 10.4. The van der Waals surface area contributed by atoms with Crippen molar-refractivity contribution in [3.8, 4) is 0 Å². The average Bonchev–Trinajstić information content (AvgIpc) is 2.75. The third-order valence-corrected chi connectivity index (χ3v) is 4.66. The van der Waals surface area contributed by atoms with E-state index in [9.17, 15) is 4.39 Å². The molecule has 0 saturated heterocycles. The van der Waals surface area contributed by atoms with Gasteiger partial charge >= 0.3 is 0 Å². The molecule has 1 aromatic carbocycles. The molecule has 0 radical (unpaired) electrons. The second kappa shape index (κ2) is 6.84. The molecule has 0 amide bonds. The molecule has 0 aliphatic rings. The van der Waals surface area contributed by atoms with Gasteiger partial charge in [-0.1, -0.05) is 33.6 Å². The van der Waals surface area contributed by atoms with Crippen LogP contribution in [0.2, 0.25) is 4.34 Å². The number of benzene rings is 1. The summed E-state index contributed by atoms with van der Waals surface area (Å²) >= 11 is 10.7. The quantitative estimate of drug-likeness (QED) is 0.771. The van der Waals surface area contributed by atoms with E-state index in [1.165, 1.54) is 10.9 Å². The molecule has 2 aromatic rings. The van der Waals surface area contributed by atoms with Crippen LogP contribution in [0.3, 0.4) is 0 Å². The van der Waals surface area contributed by atoms with E-state index in [0.717, 1.165) is 21.8 Å². The third kappa shape index (κ3) is 4.28. The first-order valence-corrected chi connectivity index (χ1v) is 7.97. The van der Waals surface area contributed by atoms with Crippen LogP contribution in [0.25, 0.3) is 0 Å². The molecule has 102 valence electrons. The maximum atomic E-state index is 13.8. The number of rotatable bonds is 5. The summed E-state index contributed by atoms with van der Waals surface area (Å²) in [6.07, 6.45) is 0.903. The first kappa shape index (κ1) is 15.0. The summed E-state index contributed by atoms with van der Waals surface area (Å²) in [7, 11) is 0. The highest BCUT2D eigenvalue weighted by atomic mass is 79.9. The van der Waals surface area contributed by atoms with Crippen molar-refractivity contribution in [2.45, 2.75) is 19.4 Å². The van der Waals surface area contributed by atoms with Gasteiger partial charge < -0.3 is 5.32 Å². The van der Waals surface area contributed by atoms with Gasteiger partial charge in [0.2, 0.25) is 0 Å². The van der Waals surface area contributed by atoms with Gasteiger partial charge in [0.25, 0.3) is 0 Å². The first-order chi connectivity index (χ1) is 9.06. The van der Waals surface area contributed by atoms with Gasteiger partial charge in [-0.3, -0.25) is 0 Å². The van der Waals surface area contributed by atoms with Crippen molar-refractivity contribution >= 4 is 38.9 Å². The maximum absolute atomic E-state index is 13.8. The molecule has 0 spiro atoms. The highest BCUT2D eigenvalue weighted by Gasteiger charge is 2.10. The van der Waals surface area contributed by atoms with Crippen LogP contribution in [0, 0.1) is 5.82 Å². The predicted molar refractivity (Wildman–Crippen MR) is 83.6 cm³/mol. The Labute approximate surface area is 129 Å². The molecule has 2 rings (SSSR count). The SMILES string of the molecule is CC(NCCc1ccc(Cl)s1)c1ccc(Br)cc1F. The number of halogens is 3. The van der Waals surface area contributed by atoms with Gasteiger partial charge in [-0.25, -0.2) is 4.39 Å². The predicted octanol–water partition coefficient (Wildman–Crippen LogP) is 5.20. The lowest BCUT2D eigenvalue weighted by atomic mass is 10.1. The largest absolute Gasteiger partial charge is 0.310 e. The molecule has 0 aliphatic carbocycles. The fraction of sp³-hybridized carbons (Fsp3) is 0.286. The molecule has 1 unspecified atom stereocenters. The molecule has 0 saturated carbocycles. The average molecular weight is 363 g/mol. The van der Waals surface area contributed by atoms with E-state index in [2.05, 4.69) is 21.2 Å². The Morgan fingerprint density at radius 1 is 1.37 bits per heavy atom. The van der Waals surface area contributed by atoms with Crippen molar-refractivity contribution in [2.75, 3.05) is 6.54 Å². The number of thiophene rings is 1. The molecular formula is C14H14BrClFNS. The van der Waals surface area contributed by atoms with Crippen molar-refractivity contribution < 1.29 is 4.39 Å². The van der Waals surface area contributed by atoms with Gasteiger partial charge in [0.15, 0.2) is 0 Å². The van der Waals surface area contributed by atoms with E-state index in [0.29, 0.717) is 5.56 Å². The Bertz CT molecular complexity index is 558. The summed E-state index contributed by atoms with van der Waals surface area (Å²) in [5.74, 6) is -0.187. The third-order valence-electron chi connectivity index (χ3n) is 2.88. The molecule has 0 aliphatic heterocycles. The fourth-order valence-electron chi connectivity index (χ4n) is 1.86. The van der Waals surface area contributed by atoms with Crippen LogP contribution in [-0.4, -0.2) is 6.54 Å². The zero-order valence-corrected chi connectivity index (χ0v) is 13.6. The minimum absolute atomic E-state index is 0.0106. The van der Waals surface area contributed by atoms with Crippen LogP contribution in [0.15, 0.2) is 34.8 Å². The lowest BCUT2D eigenvalue weighted by Crippen LogP contribution is -2.22. The van der Waals surface area contributed by atoms with Crippen molar-refractivity contribution in [3.63, 3.8) is 0 Å². The van der Waals surface area contributed by atoms with E-state index in [1.54, 1.807) is 17.4 Å². The highest BCUT2D eigenvalue weighted by Crippen LogP contribution is 2.23. The minimum Gasteiger partial charge on any atom is -0.310 e. The molecule has 0 bridgehead atoms. The Balaban J connectivity index is 1.88. The normalized spacial score (nSPS) is 12.6. The van der Waals surface area contributed by atoms with Gasteiger partial charge in [0.05, 0.1) is 4.34 Å². The van der Waals surface area contributed by atoms with Gasteiger partial charge in [-0.05, 0) is 37.6 Å². The topological polar surface area (TPSA) is 12.0 Å². The molecule has 1 heterocycles. The van der Waals surface area contributed by atoms with Crippen molar-refractivity contribution in [2.24, 2.45) is 0 Å². The molecule has 0 fully saturated rings. The van der Waals surface area contributed by atoms with E-state index >= 15 is 0 Å². The first-order valence-electron chi connectivity index (χ1n) is 5.99. The van der Waals surface area contributed by atoms with Crippen LogP contribution in [-0.2, 0) is 6.42 Å². The molecule has 1 N–H and O–H groups in total. The maximum Gasteiger partial charge on any atom is 0.129 e. The monoisotopic (exact) mass is 361 g/mol. The standard InChI is InChI=1S/C14H14BrClFNS/c1-9(12-4-2-10(15)8-13(12)17)18-7-6-11-3-5-14(16)19-11/h2-5,8-9,18H,6-7H2,1H3. The lowest BCUT2D eigenvalue weighted by Gasteiger charge is -2.15. The van der Waals surface area contributed by atoms with E-state index < -0.39 is 0 Å². The molecule has 1 atom stereocenters. The van der Waals surface area contributed by atoms with Crippen molar-refractivity contribution in [3.05, 3.63) is 55.4 Å². The number of hydrogen-bond acceptors (Lipinski definition) is 2. The second-order valence-corrected chi connectivity index (χ2v) is 7.01. The van der Waals surface area contributed by atoms with E-state index in [-0.39, 0.29) is 11.9 Å². The van der Waals surface area contributed by atoms with Crippen LogP contribution in [0.1, 0.15) is 23.4 Å². The van der Waals surface area contributed by atoms with Crippen LogP contribution >= 0.6 is 38.9 Å². The smallest absolute Gasteiger partial charge is 0.129 e. The van der Waals surface area contributed by atoms with Crippen LogP contribution in [0.4, 0.5) is 4.39 Å². The summed E-state index contributed by atoms with van der Waals surface area (Å²) in [5.41, 5.74) is 0.687. The zero-order chi connectivity index (χ0) is 13.8. The molecule has 19 heavy (non-hydrogen) atoms. The van der Waals surface area contributed by atoms with Crippen molar-refractivity contribution in [1.82, 2.24) is 5.32 Å². The Kier molecular flexibility index (Phi) is 5.39. The van der Waals surface area contributed by atoms with Crippen molar-refractivity contribution in [1.29, 1.82) is 0 Å². The number of nitrogens with one attached hydrogen (secondary N) is 1. The van der Waals surface area contributed by atoms with Crippen LogP contribution in [0.5, 0.6) is 0 Å². The highest BCUT2D eigenvalue weighted by molar-refractivity contribution is 9.10. The van der Waals surface area contributed by atoms with Gasteiger partial charge in [0.1, 0.15) is 5.82 Å². The van der Waals surface area contributed by atoms with E-state index in [4.69, 9.17) is 11.6 Å². The summed E-state index contributed by atoms with van der Waals surface area (Å²) in [5, 5.41) is 3.33. The Morgan fingerprint density at radius 2 is 2.16 bits per heavy atom. The summed E-state index contributed by atoms with van der Waals surface area (Å²) < 4.78 is 15.3.